The van der Waals surface area contributed by atoms with E-state index in [1.807, 2.05) is 12.3 Å². The second-order valence-corrected chi connectivity index (χ2v) is 5.57. The number of alkyl halides is 3. The molecule has 21 heavy (non-hydrogen) atoms. The van der Waals surface area contributed by atoms with Crippen molar-refractivity contribution in [1.82, 2.24) is 15.6 Å². The van der Waals surface area contributed by atoms with Gasteiger partial charge in [-0.25, -0.2) is 4.98 Å². The third kappa shape index (κ3) is 8.54. The maximum absolute atomic E-state index is 12.0. The van der Waals surface area contributed by atoms with Crippen molar-refractivity contribution >= 4 is 17.3 Å². The highest BCUT2D eigenvalue weighted by atomic mass is 32.1. The molecule has 0 atom stereocenters. The Bertz CT molecular complexity index is 443. The normalized spacial score (nSPS) is 12.5. The molecule has 120 valence electrons. The minimum atomic E-state index is -4.14. The maximum Gasteiger partial charge on any atom is 0.390 e. The monoisotopic (exact) mass is 322 g/mol. The summed E-state index contributed by atoms with van der Waals surface area (Å²) in [6, 6.07) is 0. The molecule has 0 unspecified atom stereocenters. The number of rotatable bonds is 7. The highest BCUT2D eigenvalue weighted by Gasteiger charge is 2.26. The Kier molecular flexibility index (Phi) is 7.49. The molecule has 1 rings (SSSR count). The topological polar surface area (TPSA) is 49.3 Å². The molecule has 2 N–H and O–H groups in total. The molecule has 0 aliphatic rings. The number of thiazole rings is 1. The van der Waals surface area contributed by atoms with Gasteiger partial charge in [0.05, 0.1) is 11.4 Å². The SMILES string of the molecule is CN=C(NCCCCc1nc(C)cs1)NCCC(F)(F)F. The lowest BCUT2D eigenvalue weighted by atomic mass is 10.2. The molecule has 0 radical (unpaired) electrons. The molecular weight excluding hydrogens is 301 g/mol. The first-order valence-corrected chi connectivity index (χ1v) is 7.71. The number of hydrogen-bond donors (Lipinski definition) is 2. The van der Waals surface area contributed by atoms with Crippen molar-refractivity contribution in [1.29, 1.82) is 0 Å². The Hall–Kier alpha value is -1.31. The van der Waals surface area contributed by atoms with Crippen LogP contribution in [0.3, 0.4) is 0 Å². The average Bonchev–Trinajstić information content (AvgIpc) is 2.80. The molecule has 0 spiro atoms. The smallest absolute Gasteiger partial charge is 0.356 e. The minimum Gasteiger partial charge on any atom is -0.356 e. The van der Waals surface area contributed by atoms with Gasteiger partial charge in [0.1, 0.15) is 0 Å². The van der Waals surface area contributed by atoms with Crippen LogP contribution in [0.5, 0.6) is 0 Å². The van der Waals surface area contributed by atoms with Gasteiger partial charge in [0.2, 0.25) is 0 Å². The van der Waals surface area contributed by atoms with Crippen LogP contribution in [-0.4, -0.2) is 37.3 Å². The molecule has 0 amide bonds. The Morgan fingerprint density at radius 3 is 2.57 bits per heavy atom. The van der Waals surface area contributed by atoms with E-state index in [1.165, 1.54) is 0 Å². The Morgan fingerprint density at radius 2 is 2.00 bits per heavy atom. The molecule has 1 heterocycles. The van der Waals surface area contributed by atoms with Crippen LogP contribution < -0.4 is 10.6 Å². The third-order valence-corrected chi connectivity index (χ3v) is 3.73. The first-order chi connectivity index (χ1) is 9.90. The van der Waals surface area contributed by atoms with Gasteiger partial charge in [0.15, 0.2) is 5.96 Å². The van der Waals surface area contributed by atoms with Gasteiger partial charge in [0, 0.05) is 31.2 Å². The molecule has 0 aliphatic carbocycles. The predicted octanol–water partition coefficient (Wildman–Crippen LogP) is 2.89. The molecule has 0 saturated carbocycles. The summed E-state index contributed by atoms with van der Waals surface area (Å²) in [5.74, 6) is 0.407. The summed E-state index contributed by atoms with van der Waals surface area (Å²) in [6.07, 6.45) is -2.17. The largest absolute Gasteiger partial charge is 0.390 e. The Morgan fingerprint density at radius 1 is 1.29 bits per heavy atom. The van der Waals surface area contributed by atoms with Crippen LogP contribution in [0.1, 0.15) is 30.0 Å². The average molecular weight is 322 g/mol. The second-order valence-electron chi connectivity index (χ2n) is 4.63. The van der Waals surface area contributed by atoms with Gasteiger partial charge >= 0.3 is 6.18 Å². The summed E-state index contributed by atoms with van der Waals surface area (Å²) in [5.41, 5.74) is 1.04. The zero-order valence-corrected chi connectivity index (χ0v) is 13.1. The van der Waals surface area contributed by atoms with Crippen molar-refractivity contribution < 1.29 is 13.2 Å². The molecular formula is C13H21F3N4S. The number of unbranched alkanes of at least 4 members (excludes halogenated alkanes) is 1. The van der Waals surface area contributed by atoms with Gasteiger partial charge in [-0.3, -0.25) is 4.99 Å². The molecule has 0 aromatic carbocycles. The van der Waals surface area contributed by atoms with Crippen LogP contribution in [0, 0.1) is 6.92 Å². The summed E-state index contributed by atoms with van der Waals surface area (Å²) >= 11 is 1.66. The molecule has 1 aromatic heterocycles. The molecule has 8 heteroatoms. The van der Waals surface area contributed by atoms with Gasteiger partial charge < -0.3 is 10.6 Å². The minimum absolute atomic E-state index is 0.165. The lowest BCUT2D eigenvalue weighted by Crippen LogP contribution is -2.39. The predicted molar refractivity (Wildman–Crippen MR) is 79.8 cm³/mol. The number of nitrogens with zero attached hydrogens (tertiary/aromatic N) is 2. The van der Waals surface area contributed by atoms with Gasteiger partial charge in [-0.15, -0.1) is 11.3 Å². The highest BCUT2D eigenvalue weighted by molar-refractivity contribution is 7.09. The highest BCUT2D eigenvalue weighted by Crippen LogP contribution is 2.18. The van der Waals surface area contributed by atoms with Crippen LogP contribution >= 0.6 is 11.3 Å². The van der Waals surface area contributed by atoms with E-state index in [-0.39, 0.29) is 6.54 Å². The number of aliphatic imine (C=N–C) groups is 1. The van der Waals surface area contributed by atoms with Gasteiger partial charge in [-0.1, -0.05) is 0 Å². The maximum atomic E-state index is 12.0. The molecule has 1 aromatic rings. The molecule has 0 fully saturated rings. The van der Waals surface area contributed by atoms with E-state index in [1.54, 1.807) is 18.4 Å². The number of guanidine groups is 1. The van der Waals surface area contributed by atoms with E-state index in [4.69, 9.17) is 0 Å². The van der Waals surface area contributed by atoms with E-state index in [0.29, 0.717) is 12.5 Å². The summed E-state index contributed by atoms with van der Waals surface area (Å²) in [5, 5.41) is 8.80. The van der Waals surface area contributed by atoms with Crippen molar-refractivity contribution in [3.8, 4) is 0 Å². The molecule has 0 bridgehead atoms. The lowest BCUT2D eigenvalue weighted by molar-refractivity contribution is -0.132. The number of halogens is 3. The number of aryl methyl sites for hydroxylation is 2. The van der Waals surface area contributed by atoms with E-state index in [9.17, 15) is 13.2 Å². The van der Waals surface area contributed by atoms with E-state index in [2.05, 4.69) is 20.6 Å². The van der Waals surface area contributed by atoms with Crippen LogP contribution in [-0.2, 0) is 6.42 Å². The van der Waals surface area contributed by atoms with Gasteiger partial charge in [-0.05, 0) is 26.2 Å². The van der Waals surface area contributed by atoms with Crippen LogP contribution in [0.4, 0.5) is 13.2 Å². The number of aromatic nitrogens is 1. The number of nitrogens with one attached hydrogen (secondary N) is 2. The Balaban J connectivity index is 2.09. The number of hydrogen-bond acceptors (Lipinski definition) is 3. The Labute approximate surface area is 126 Å². The fraction of sp³-hybridized carbons (Fsp3) is 0.692. The van der Waals surface area contributed by atoms with E-state index in [0.717, 1.165) is 30.0 Å². The third-order valence-electron chi connectivity index (χ3n) is 2.70. The van der Waals surface area contributed by atoms with E-state index < -0.39 is 12.6 Å². The standard InChI is InChI=1S/C13H21F3N4S/c1-10-9-21-11(20-10)5-3-4-7-18-12(17-2)19-8-6-13(14,15)16/h9H,3-8H2,1-2H3,(H2,17,18,19). The summed E-state index contributed by atoms with van der Waals surface area (Å²) in [4.78, 5) is 8.26. The molecule has 0 saturated heterocycles. The zero-order valence-electron chi connectivity index (χ0n) is 12.3. The van der Waals surface area contributed by atoms with Gasteiger partial charge in [0.25, 0.3) is 0 Å². The molecule has 4 nitrogen and oxygen atoms in total. The van der Waals surface area contributed by atoms with Crippen molar-refractivity contribution in [3.05, 3.63) is 16.1 Å². The molecule has 0 aliphatic heterocycles. The fourth-order valence-electron chi connectivity index (χ4n) is 1.67. The van der Waals surface area contributed by atoms with Crippen molar-refractivity contribution in [2.75, 3.05) is 20.1 Å². The quantitative estimate of drug-likeness (QED) is 0.461. The fourth-order valence-corrected chi connectivity index (χ4v) is 2.49. The van der Waals surface area contributed by atoms with Crippen LogP contribution in [0.2, 0.25) is 0 Å². The van der Waals surface area contributed by atoms with Crippen LogP contribution in [0.15, 0.2) is 10.4 Å². The van der Waals surface area contributed by atoms with Crippen molar-refractivity contribution in [3.63, 3.8) is 0 Å². The first kappa shape index (κ1) is 17.7. The summed E-state index contributed by atoms with van der Waals surface area (Å²) in [7, 11) is 1.54. The summed E-state index contributed by atoms with van der Waals surface area (Å²) in [6.45, 7) is 2.48. The lowest BCUT2D eigenvalue weighted by Gasteiger charge is -2.12. The van der Waals surface area contributed by atoms with E-state index >= 15 is 0 Å². The van der Waals surface area contributed by atoms with Gasteiger partial charge in [-0.2, -0.15) is 13.2 Å². The van der Waals surface area contributed by atoms with Crippen molar-refractivity contribution in [2.45, 2.75) is 38.8 Å². The van der Waals surface area contributed by atoms with Crippen LogP contribution in [0.25, 0.3) is 0 Å². The second kappa shape index (κ2) is 8.86. The zero-order chi connectivity index (χ0) is 15.7. The van der Waals surface area contributed by atoms with Crippen molar-refractivity contribution in [2.24, 2.45) is 4.99 Å². The first-order valence-electron chi connectivity index (χ1n) is 6.83. The summed E-state index contributed by atoms with van der Waals surface area (Å²) < 4.78 is 36.1.